The zero-order valence-electron chi connectivity index (χ0n) is 23.1. The summed E-state index contributed by atoms with van der Waals surface area (Å²) in [7, 11) is 3.03. The number of carbonyl (C=O) groups is 2. The molecule has 1 N–H and O–H groups in total. The van der Waals surface area contributed by atoms with Gasteiger partial charge in [0.15, 0.2) is 0 Å². The lowest BCUT2D eigenvalue weighted by molar-refractivity contribution is -0.142. The van der Waals surface area contributed by atoms with Crippen LogP contribution < -0.4 is 9.64 Å². The van der Waals surface area contributed by atoms with Gasteiger partial charge in [0.1, 0.15) is 17.5 Å². The first kappa shape index (κ1) is 31.0. The lowest BCUT2D eigenvalue weighted by Gasteiger charge is -2.23. The second kappa shape index (κ2) is 13.3. The number of rotatable bonds is 10. The molecular formula is C30H30ClF3N4O4. The van der Waals surface area contributed by atoms with Gasteiger partial charge >= 0.3 is 12.1 Å². The molecule has 12 heteroatoms. The average molecular weight is 603 g/mol. The fourth-order valence-electron chi connectivity index (χ4n) is 4.94. The van der Waals surface area contributed by atoms with Crippen molar-refractivity contribution < 1.29 is 32.6 Å². The highest BCUT2D eigenvalue weighted by Crippen LogP contribution is 2.35. The summed E-state index contributed by atoms with van der Waals surface area (Å²) >= 11 is 6.43. The maximum atomic E-state index is 13.6. The molecule has 1 aliphatic rings. The number of aromatic nitrogens is 1. The second-order valence-corrected chi connectivity index (χ2v) is 10.2. The molecule has 1 amide bonds. The van der Waals surface area contributed by atoms with Crippen molar-refractivity contribution in [1.82, 2.24) is 9.88 Å². The lowest BCUT2D eigenvalue weighted by Crippen LogP contribution is -2.37. The number of pyridine rings is 1. The number of aliphatic imine (C=N–C) groups is 1. The molecule has 0 saturated carbocycles. The predicted octanol–water partition coefficient (Wildman–Crippen LogP) is 6.06. The first-order valence-corrected chi connectivity index (χ1v) is 13.6. The molecule has 2 aromatic carbocycles. The van der Waals surface area contributed by atoms with Crippen molar-refractivity contribution in [1.29, 1.82) is 0 Å². The lowest BCUT2D eigenvalue weighted by atomic mass is 9.99. The molecule has 222 valence electrons. The molecule has 2 heterocycles. The molecule has 0 spiro atoms. The molecule has 0 aliphatic carbocycles. The Morgan fingerprint density at radius 1 is 1.21 bits per heavy atom. The Labute approximate surface area is 246 Å². The Morgan fingerprint density at radius 3 is 2.69 bits per heavy atom. The van der Waals surface area contributed by atoms with Gasteiger partial charge in [-0.2, -0.15) is 13.2 Å². The summed E-state index contributed by atoms with van der Waals surface area (Å²) in [5, 5.41) is 9.60. The number of anilines is 1. The van der Waals surface area contributed by atoms with E-state index in [0.717, 1.165) is 25.2 Å². The summed E-state index contributed by atoms with van der Waals surface area (Å²) in [5.41, 5.74) is 0.476. The van der Waals surface area contributed by atoms with Crippen LogP contribution >= 0.6 is 11.6 Å². The summed E-state index contributed by atoms with van der Waals surface area (Å²) in [6, 6.07) is 12.0. The fraction of sp³-hybridized carbons (Fsp3) is 0.333. The monoisotopic (exact) mass is 602 g/mol. The number of hydrogen-bond acceptors (Lipinski definition) is 6. The van der Waals surface area contributed by atoms with Crippen LogP contribution in [0.25, 0.3) is 11.1 Å². The number of aliphatic carboxylic acids is 1. The van der Waals surface area contributed by atoms with Crippen LogP contribution in [0.3, 0.4) is 0 Å². The van der Waals surface area contributed by atoms with Crippen molar-refractivity contribution in [2.45, 2.75) is 31.5 Å². The first-order chi connectivity index (χ1) is 20.0. The van der Waals surface area contributed by atoms with Gasteiger partial charge in [0.2, 0.25) is 0 Å². The van der Waals surface area contributed by atoms with Gasteiger partial charge in [-0.25, -0.2) is 0 Å². The number of hydrogen-bond donors (Lipinski definition) is 1. The summed E-state index contributed by atoms with van der Waals surface area (Å²) in [6.45, 7) is 1.66. The van der Waals surface area contributed by atoms with E-state index in [2.05, 4.69) is 9.98 Å². The number of carbonyl (C=O) groups excluding carboxylic acids is 1. The highest BCUT2D eigenvalue weighted by Gasteiger charge is 2.33. The van der Waals surface area contributed by atoms with Gasteiger partial charge in [0.25, 0.3) is 5.91 Å². The summed E-state index contributed by atoms with van der Waals surface area (Å²) in [6.07, 6.45) is -0.181. The molecule has 1 aliphatic heterocycles. The quantitative estimate of drug-likeness (QED) is 0.224. The maximum absolute atomic E-state index is 13.6. The molecule has 0 unspecified atom stereocenters. The SMILES string of the molecule is CN=Cc1cc(C(F)(F)F)ncc1-c1cc(C(=O)N(C)c2ccccc2OCCCN2CCC[C@H]2C(=O)O)ccc1Cl. The van der Waals surface area contributed by atoms with E-state index in [1.165, 1.54) is 36.4 Å². The Hall–Kier alpha value is -3.96. The van der Waals surface area contributed by atoms with Crippen molar-refractivity contribution in [2.24, 2.45) is 4.99 Å². The molecule has 1 atom stereocenters. The first-order valence-electron chi connectivity index (χ1n) is 13.3. The summed E-state index contributed by atoms with van der Waals surface area (Å²) in [5.74, 6) is -0.725. The number of amides is 1. The number of benzene rings is 2. The van der Waals surface area contributed by atoms with Crippen molar-refractivity contribution in [2.75, 3.05) is 38.7 Å². The van der Waals surface area contributed by atoms with Crippen LogP contribution in [0.4, 0.5) is 18.9 Å². The van der Waals surface area contributed by atoms with E-state index < -0.39 is 29.8 Å². The van der Waals surface area contributed by atoms with Gasteiger partial charge < -0.3 is 14.7 Å². The number of nitrogens with zero attached hydrogens (tertiary/aromatic N) is 4. The minimum atomic E-state index is -4.64. The van der Waals surface area contributed by atoms with E-state index in [9.17, 15) is 27.9 Å². The molecule has 1 saturated heterocycles. The highest BCUT2D eigenvalue weighted by molar-refractivity contribution is 6.33. The molecular weight excluding hydrogens is 573 g/mol. The smallest absolute Gasteiger partial charge is 0.433 e. The van der Waals surface area contributed by atoms with E-state index in [0.29, 0.717) is 48.6 Å². The van der Waals surface area contributed by atoms with Gasteiger partial charge in [0, 0.05) is 60.3 Å². The van der Waals surface area contributed by atoms with Gasteiger partial charge in [-0.05, 0) is 62.2 Å². The molecule has 8 nitrogen and oxygen atoms in total. The Kier molecular flexibility index (Phi) is 9.85. The number of alkyl halides is 3. The average Bonchev–Trinajstić information content (AvgIpc) is 3.44. The molecule has 3 aromatic rings. The van der Waals surface area contributed by atoms with E-state index in [1.807, 2.05) is 4.90 Å². The third-order valence-electron chi connectivity index (χ3n) is 7.03. The Morgan fingerprint density at radius 2 is 1.98 bits per heavy atom. The van der Waals surface area contributed by atoms with Crippen LogP contribution in [-0.4, -0.2) is 72.9 Å². The number of ether oxygens (including phenoxy) is 1. The number of carboxylic acid groups (broad SMARTS) is 1. The topological polar surface area (TPSA) is 95.3 Å². The van der Waals surface area contributed by atoms with E-state index in [1.54, 1.807) is 31.3 Å². The van der Waals surface area contributed by atoms with Crippen LogP contribution in [0.5, 0.6) is 5.75 Å². The van der Waals surface area contributed by atoms with Crippen molar-refractivity contribution in [3.63, 3.8) is 0 Å². The normalized spacial score (nSPS) is 15.7. The predicted molar refractivity (Wildman–Crippen MR) is 155 cm³/mol. The number of para-hydroxylation sites is 2. The third-order valence-corrected chi connectivity index (χ3v) is 7.35. The second-order valence-electron chi connectivity index (χ2n) is 9.80. The third kappa shape index (κ3) is 7.08. The van der Waals surface area contributed by atoms with Crippen LogP contribution in [0, 0.1) is 0 Å². The molecule has 0 bridgehead atoms. The number of halogens is 4. The van der Waals surface area contributed by atoms with E-state index in [-0.39, 0.29) is 16.1 Å². The van der Waals surface area contributed by atoms with Crippen molar-refractivity contribution in [3.05, 3.63) is 76.6 Å². The zero-order chi connectivity index (χ0) is 30.4. The number of carboxylic acids is 1. The van der Waals surface area contributed by atoms with Gasteiger partial charge in [-0.3, -0.25) is 24.5 Å². The molecule has 4 rings (SSSR count). The number of likely N-dealkylation sites (tertiary alicyclic amines) is 1. The van der Waals surface area contributed by atoms with Crippen molar-refractivity contribution >= 4 is 35.4 Å². The summed E-state index contributed by atoms with van der Waals surface area (Å²) < 4.78 is 45.8. The van der Waals surface area contributed by atoms with Crippen LogP contribution in [0.1, 0.15) is 40.9 Å². The van der Waals surface area contributed by atoms with Crippen LogP contribution in [0.2, 0.25) is 5.02 Å². The maximum Gasteiger partial charge on any atom is 0.433 e. The molecule has 42 heavy (non-hydrogen) atoms. The molecule has 1 fully saturated rings. The largest absolute Gasteiger partial charge is 0.491 e. The zero-order valence-corrected chi connectivity index (χ0v) is 23.8. The minimum absolute atomic E-state index is 0.155. The minimum Gasteiger partial charge on any atom is -0.491 e. The van der Waals surface area contributed by atoms with Crippen molar-refractivity contribution in [3.8, 4) is 16.9 Å². The Bertz CT molecular complexity index is 1480. The Balaban J connectivity index is 1.52. The standard InChI is InChI=1S/C30H30ClF3N4O4/c1-35-17-20-16-27(30(32,33)34)36-18-22(20)21-15-19(10-11-23(21)31)28(39)37(2)24-7-3-4-9-26(24)42-14-6-13-38-12-5-8-25(38)29(40)41/h3-4,7,9-11,15-18,25H,5-6,8,12-14H2,1-2H3,(H,40,41)/t25-/m0/s1. The van der Waals surface area contributed by atoms with Gasteiger partial charge in [-0.1, -0.05) is 23.7 Å². The van der Waals surface area contributed by atoms with Gasteiger partial charge in [-0.15, -0.1) is 0 Å². The highest BCUT2D eigenvalue weighted by atomic mass is 35.5. The van der Waals surface area contributed by atoms with Crippen LogP contribution in [-0.2, 0) is 11.0 Å². The summed E-state index contributed by atoms with van der Waals surface area (Å²) in [4.78, 5) is 35.8. The molecule has 1 aromatic heterocycles. The fourth-order valence-corrected chi connectivity index (χ4v) is 5.16. The van der Waals surface area contributed by atoms with E-state index in [4.69, 9.17) is 16.3 Å². The van der Waals surface area contributed by atoms with Crippen LogP contribution in [0.15, 0.2) is 59.7 Å². The van der Waals surface area contributed by atoms with E-state index >= 15 is 0 Å². The van der Waals surface area contributed by atoms with Gasteiger partial charge in [0.05, 0.1) is 12.3 Å². The molecule has 0 radical (unpaired) electrons.